The van der Waals surface area contributed by atoms with Gasteiger partial charge >= 0.3 is 0 Å². The third kappa shape index (κ3) is 3.35. The van der Waals surface area contributed by atoms with E-state index in [0.29, 0.717) is 0 Å². The second-order valence-corrected chi connectivity index (χ2v) is 5.66. The van der Waals surface area contributed by atoms with E-state index in [9.17, 15) is 4.79 Å². The number of hydrogen-bond donors (Lipinski definition) is 2. The van der Waals surface area contributed by atoms with Crippen molar-refractivity contribution in [3.05, 3.63) is 29.8 Å². The molecule has 1 amide bonds. The third-order valence-corrected chi connectivity index (χ3v) is 4.09. The van der Waals surface area contributed by atoms with Crippen molar-refractivity contribution in [2.45, 2.75) is 46.1 Å². The zero-order chi connectivity index (χ0) is 13.7. The maximum Gasteiger partial charge on any atom is 0.230 e. The SMILES string of the molecule is CCNCc1ccccc1NC(=O)C1(C)CCCC1. The van der Waals surface area contributed by atoms with Crippen molar-refractivity contribution < 1.29 is 4.79 Å². The molecule has 0 aromatic heterocycles. The van der Waals surface area contributed by atoms with Crippen LogP contribution in [0.15, 0.2) is 24.3 Å². The van der Waals surface area contributed by atoms with Crippen molar-refractivity contribution >= 4 is 11.6 Å². The molecule has 2 N–H and O–H groups in total. The highest BCUT2D eigenvalue weighted by Gasteiger charge is 2.36. The van der Waals surface area contributed by atoms with Gasteiger partial charge in [0.1, 0.15) is 0 Å². The molecule has 0 heterocycles. The molecule has 104 valence electrons. The number of amides is 1. The summed E-state index contributed by atoms with van der Waals surface area (Å²) in [6, 6.07) is 8.04. The number of anilines is 1. The average Bonchev–Trinajstić information content (AvgIpc) is 2.86. The first kappa shape index (κ1) is 14.1. The summed E-state index contributed by atoms with van der Waals surface area (Å²) in [5.74, 6) is 0.175. The largest absolute Gasteiger partial charge is 0.325 e. The van der Waals surface area contributed by atoms with Crippen LogP contribution in [0.1, 0.15) is 45.1 Å². The summed E-state index contributed by atoms with van der Waals surface area (Å²) < 4.78 is 0. The quantitative estimate of drug-likeness (QED) is 0.852. The van der Waals surface area contributed by atoms with Gasteiger partial charge in [0.15, 0.2) is 0 Å². The zero-order valence-corrected chi connectivity index (χ0v) is 12.0. The lowest BCUT2D eigenvalue weighted by atomic mass is 9.87. The van der Waals surface area contributed by atoms with Crippen LogP contribution in [0, 0.1) is 5.41 Å². The van der Waals surface area contributed by atoms with Crippen molar-refractivity contribution in [2.24, 2.45) is 5.41 Å². The minimum atomic E-state index is -0.175. The molecule has 1 aliphatic rings. The first-order chi connectivity index (χ1) is 9.15. The van der Waals surface area contributed by atoms with Crippen LogP contribution in [0.4, 0.5) is 5.69 Å². The molecule has 3 nitrogen and oxygen atoms in total. The van der Waals surface area contributed by atoms with Gasteiger partial charge < -0.3 is 10.6 Å². The molecule has 0 unspecified atom stereocenters. The zero-order valence-electron chi connectivity index (χ0n) is 12.0. The number of carbonyl (C=O) groups excluding carboxylic acids is 1. The fraction of sp³-hybridized carbons (Fsp3) is 0.562. The smallest absolute Gasteiger partial charge is 0.230 e. The van der Waals surface area contributed by atoms with Gasteiger partial charge in [-0.1, -0.05) is 44.9 Å². The Hall–Kier alpha value is -1.35. The summed E-state index contributed by atoms with van der Waals surface area (Å²) >= 11 is 0. The highest BCUT2D eigenvalue weighted by molar-refractivity contribution is 5.95. The summed E-state index contributed by atoms with van der Waals surface area (Å²) in [7, 11) is 0. The summed E-state index contributed by atoms with van der Waals surface area (Å²) in [6.07, 6.45) is 4.36. The van der Waals surface area contributed by atoms with E-state index in [1.807, 2.05) is 18.2 Å². The van der Waals surface area contributed by atoms with Gasteiger partial charge in [-0.3, -0.25) is 4.79 Å². The first-order valence-corrected chi connectivity index (χ1v) is 7.26. The molecule has 3 heteroatoms. The molecule has 0 bridgehead atoms. The molecule has 0 radical (unpaired) electrons. The van der Waals surface area contributed by atoms with Crippen molar-refractivity contribution in [3.8, 4) is 0 Å². The van der Waals surface area contributed by atoms with Crippen LogP contribution in [0.3, 0.4) is 0 Å². The molecule has 1 saturated carbocycles. The van der Waals surface area contributed by atoms with Crippen molar-refractivity contribution in [2.75, 3.05) is 11.9 Å². The van der Waals surface area contributed by atoms with E-state index in [1.165, 1.54) is 12.8 Å². The van der Waals surface area contributed by atoms with Crippen molar-refractivity contribution in [1.29, 1.82) is 0 Å². The Morgan fingerprint density at radius 3 is 2.63 bits per heavy atom. The number of benzene rings is 1. The van der Waals surface area contributed by atoms with Crippen LogP contribution in [-0.2, 0) is 11.3 Å². The second-order valence-electron chi connectivity index (χ2n) is 5.66. The van der Waals surface area contributed by atoms with E-state index in [4.69, 9.17) is 0 Å². The predicted octanol–water partition coefficient (Wildman–Crippen LogP) is 3.31. The predicted molar refractivity (Wildman–Crippen MR) is 79.0 cm³/mol. The van der Waals surface area contributed by atoms with Gasteiger partial charge in [-0.2, -0.15) is 0 Å². The van der Waals surface area contributed by atoms with Gasteiger partial charge in [-0.15, -0.1) is 0 Å². The van der Waals surface area contributed by atoms with Crippen LogP contribution < -0.4 is 10.6 Å². The molecule has 1 aromatic rings. The van der Waals surface area contributed by atoms with Gasteiger partial charge in [0.05, 0.1) is 0 Å². The standard InChI is InChI=1S/C16H24N2O/c1-3-17-12-13-8-4-5-9-14(13)18-15(19)16(2)10-6-7-11-16/h4-5,8-9,17H,3,6-7,10-12H2,1-2H3,(H,18,19). The topological polar surface area (TPSA) is 41.1 Å². The lowest BCUT2D eigenvalue weighted by Gasteiger charge is -2.23. The number of carbonyl (C=O) groups is 1. The number of hydrogen-bond acceptors (Lipinski definition) is 2. The lowest BCUT2D eigenvalue weighted by Crippen LogP contribution is -2.31. The molecule has 0 spiro atoms. The number of rotatable bonds is 5. The lowest BCUT2D eigenvalue weighted by molar-refractivity contribution is -0.124. The van der Waals surface area contributed by atoms with Gasteiger partial charge in [0.2, 0.25) is 5.91 Å². The van der Waals surface area contributed by atoms with E-state index in [2.05, 4.69) is 30.5 Å². The highest BCUT2D eigenvalue weighted by atomic mass is 16.2. The maximum absolute atomic E-state index is 12.4. The summed E-state index contributed by atoms with van der Waals surface area (Å²) in [4.78, 5) is 12.4. The van der Waals surface area contributed by atoms with Crippen LogP contribution in [0.25, 0.3) is 0 Å². The molecule has 2 rings (SSSR count). The second kappa shape index (κ2) is 6.20. The van der Waals surface area contributed by atoms with Crippen LogP contribution >= 0.6 is 0 Å². The van der Waals surface area contributed by atoms with Gasteiger partial charge in [-0.05, 0) is 31.0 Å². The van der Waals surface area contributed by atoms with E-state index in [-0.39, 0.29) is 11.3 Å². The summed E-state index contributed by atoms with van der Waals surface area (Å²) in [6.45, 7) is 5.90. The van der Waals surface area contributed by atoms with E-state index < -0.39 is 0 Å². The fourth-order valence-corrected chi connectivity index (χ4v) is 2.71. The average molecular weight is 260 g/mol. The molecule has 0 saturated heterocycles. The molecule has 0 aliphatic heterocycles. The molecular weight excluding hydrogens is 236 g/mol. The van der Waals surface area contributed by atoms with E-state index in [1.54, 1.807) is 0 Å². The Morgan fingerprint density at radius 2 is 1.95 bits per heavy atom. The Kier molecular flexibility index (Phi) is 4.59. The normalized spacial score (nSPS) is 17.4. The van der Waals surface area contributed by atoms with Gasteiger partial charge in [0, 0.05) is 17.6 Å². The Morgan fingerprint density at radius 1 is 1.26 bits per heavy atom. The van der Waals surface area contributed by atoms with Gasteiger partial charge in [-0.25, -0.2) is 0 Å². The van der Waals surface area contributed by atoms with Crippen LogP contribution in [-0.4, -0.2) is 12.5 Å². The van der Waals surface area contributed by atoms with Crippen LogP contribution in [0.5, 0.6) is 0 Å². The molecule has 1 aliphatic carbocycles. The monoisotopic (exact) mass is 260 g/mol. The molecule has 19 heavy (non-hydrogen) atoms. The summed E-state index contributed by atoms with van der Waals surface area (Å²) in [5, 5.41) is 6.43. The first-order valence-electron chi connectivity index (χ1n) is 7.26. The van der Waals surface area contributed by atoms with Gasteiger partial charge in [0.25, 0.3) is 0 Å². The van der Waals surface area contributed by atoms with Crippen LogP contribution in [0.2, 0.25) is 0 Å². The van der Waals surface area contributed by atoms with E-state index >= 15 is 0 Å². The molecule has 1 fully saturated rings. The Bertz CT molecular complexity index is 436. The maximum atomic E-state index is 12.4. The molecule has 1 aromatic carbocycles. The highest BCUT2D eigenvalue weighted by Crippen LogP contribution is 2.38. The van der Waals surface area contributed by atoms with E-state index in [0.717, 1.165) is 37.2 Å². The van der Waals surface area contributed by atoms with Crippen molar-refractivity contribution in [1.82, 2.24) is 5.32 Å². The molecular formula is C16H24N2O. The minimum Gasteiger partial charge on any atom is -0.325 e. The molecule has 0 atom stereocenters. The Labute approximate surface area is 115 Å². The van der Waals surface area contributed by atoms with Crippen molar-refractivity contribution in [3.63, 3.8) is 0 Å². The number of nitrogens with one attached hydrogen (secondary N) is 2. The summed E-state index contributed by atoms with van der Waals surface area (Å²) in [5.41, 5.74) is 1.92. The number of para-hydroxylation sites is 1. The fourth-order valence-electron chi connectivity index (χ4n) is 2.71. The Balaban J connectivity index is 2.07. The third-order valence-electron chi connectivity index (χ3n) is 4.09. The minimum absolute atomic E-state index is 0.175.